The molecule has 1 aliphatic heterocycles. The number of carbonyl (C=O) groups is 2. The Labute approximate surface area is 179 Å². The van der Waals surface area contributed by atoms with Gasteiger partial charge in [-0.3, -0.25) is 14.4 Å². The van der Waals surface area contributed by atoms with Crippen LogP contribution in [0.5, 0.6) is 5.75 Å². The molecule has 7 heteroatoms. The highest BCUT2D eigenvalue weighted by Gasteiger charge is 2.22. The van der Waals surface area contributed by atoms with Crippen LogP contribution < -0.4 is 15.8 Å². The number of amides is 1. The second-order valence-electron chi connectivity index (χ2n) is 7.95. The van der Waals surface area contributed by atoms with Gasteiger partial charge in [0, 0.05) is 31.2 Å². The molecule has 7 nitrogen and oxygen atoms in total. The van der Waals surface area contributed by atoms with Crippen LogP contribution in [-0.4, -0.2) is 41.0 Å². The molecule has 2 heterocycles. The molecule has 1 amide bonds. The van der Waals surface area contributed by atoms with Crippen LogP contribution in [0.1, 0.15) is 30.1 Å². The van der Waals surface area contributed by atoms with Crippen molar-refractivity contribution in [3.63, 3.8) is 0 Å². The smallest absolute Gasteiger partial charge is 0.267 e. The number of benzene rings is 2. The normalized spacial score (nSPS) is 13.5. The molecule has 2 aromatic carbocycles. The van der Waals surface area contributed by atoms with Crippen molar-refractivity contribution in [3.8, 4) is 16.9 Å². The zero-order chi connectivity index (χ0) is 22.1. The molecule has 1 fully saturated rings. The second kappa shape index (κ2) is 8.26. The summed E-state index contributed by atoms with van der Waals surface area (Å²) >= 11 is 0. The number of aromatic nitrogens is 1. The van der Waals surface area contributed by atoms with Gasteiger partial charge in [0.05, 0.1) is 12.1 Å². The molecule has 0 radical (unpaired) electrons. The predicted octanol–water partition coefficient (Wildman–Crippen LogP) is 2.83. The van der Waals surface area contributed by atoms with E-state index in [4.69, 9.17) is 0 Å². The summed E-state index contributed by atoms with van der Waals surface area (Å²) in [6.45, 7) is 3.22. The van der Waals surface area contributed by atoms with Crippen LogP contribution in [0.4, 0.5) is 5.69 Å². The van der Waals surface area contributed by atoms with Gasteiger partial charge in [-0.25, -0.2) is 0 Å². The van der Waals surface area contributed by atoms with E-state index in [1.54, 1.807) is 19.2 Å². The van der Waals surface area contributed by atoms with Gasteiger partial charge in [0.2, 0.25) is 0 Å². The van der Waals surface area contributed by atoms with E-state index >= 15 is 0 Å². The zero-order valence-corrected chi connectivity index (χ0v) is 17.6. The van der Waals surface area contributed by atoms with E-state index in [0.717, 1.165) is 29.9 Å². The predicted molar refractivity (Wildman–Crippen MR) is 121 cm³/mol. The van der Waals surface area contributed by atoms with Gasteiger partial charge in [0.1, 0.15) is 17.1 Å². The topological polar surface area (TPSA) is 91.6 Å². The van der Waals surface area contributed by atoms with Crippen molar-refractivity contribution in [2.45, 2.75) is 19.8 Å². The first-order valence-corrected chi connectivity index (χ1v) is 10.4. The highest BCUT2D eigenvalue weighted by atomic mass is 16.3. The standard InChI is InChI=1S/C24H25N3O4/c1-15(28)14-25-23(30)21-22(29)19-13-17(8-9-20(19)26(2)24(21)31)16-6-5-7-18(12-16)27-10-3-4-11-27/h5-9,12-13,29H,3-4,10-11,14H2,1-2H3,(H,25,30). The lowest BCUT2D eigenvalue weighted by Crippen LogP contribution is -2.34. The Morgan fingerprint density at radius 1 is 1.06 bits per heavy atom. The highest BCUT2D eigenvalue weighted by Crippen LogP contribution is 2.32. The summed E-state index contributed by atoms with van der Waals surface area (Å²) in [5.74, 6) is -1.39. The van der Waals surface area contributed by atoms with E-state index in [1.807, 2.05) is 18.2 Å². The van der Waals surface area contributed by atoms with Gasteiger partial charge in [-0.2, -0.15) is 0 Å². The van der Waals surface area contributed by atoms with Crippen LogP contribution >= 0.6 is 0 Å². The molecule has 1 saturated heterocycles. The molecule has 160 valence electrons. The molecule has 0 aliphatic carbocycles. The van der Waals surface area contributed by atoms with E-state index in [9.17, 15) is 19.5 Å². The average molecular weight is 419 g/mol. The summed E-state index contributed by atoms with van der Waals surface area (Å²) in [6.07, 6.45) is 2.38. The molecule has 3 aromatic rings. The molecular formula is C24H25N3O4. The van der Waals surface area contributed by atoms with Gasteiger partial charge in [-0.05, 0) is 55.2 Å². The molecule has 0 bridgehead atoms. The molecule has 1 aromatic heterocycles. The largest absolute Gasteiger partial charge is 0.506 e. The van der Waals surface area contributed by atoms with Crippen LogP contribution in [0.2, 0.25) is 0 Å². The molecule has 31 heavy (non-hydrogen) atoms. The minimum Gasteiger partial charge on any atom is -0.506 e. The van der Waals surface area contributed by atoms with Gasteiger partial charge in [0.25, 0.3) is 11.5 Å². The lowest BCUT2D eigenvalue weighted by atomic mass is 10.0. The van der Waals surface area contributed by atoms with Crippen molar-refractivity contribution < 1.29 is 14.7 Å². The molecule has 0 atom stereocenters. The highest BCUT2D eigenvalue weighted by molar-refractivity contribution is 6.04. The van der Waals surface area contributed by atoms with Crippen molar-refractivity contribution in [1.82, 2.24) is 9.88 Å². The van der Waals surface area contributed by atoms with Gasteiger partial charge >= 0.3 is 0 Å². The Morgan fingerprint density at radius 2 is 1.77 bits per heavy atom. The van der Waals surface area contributed by atoms with E-state index in [0.29, 0.717) is 10.9 Å². The maximum atomic E-state index is 12.7. The van der Waals surface area contributed by atoms with E-state index in [-0.39, 0.29) is 23.6 Å². The van der Waals surface area contributed by atoms with Crippen molar-refractivity contribution in [1.29, 1.82) is 0 Å². The number of aromatic hydroxyl groups is 1. The minimum atomic E-state index is -0.767. The summed E-state index contributed by atoms with van der Waals surface area (Å²) in [5.41, 5.74) is 2.56. The number of nitrogens with zero attached hydrogens (tertiary/aromatic N) is 2. The average Bonchev–Trinajstić information content (AvgIpc) is 3.31. The number of aryl methyl sites for hydroxylation is 1. The number of nitrogens with one attached hydrogen (secondary N) is 1. The first-order valence-electron chi connectivity index (χ1n) is 10.4. The Hall–Kier alpha value is -3.61. The summed E-state index contributed by atoms with van der Waals surface area (Å²) in [6, 6.07) is 13.7. The van der Waals surface area contributed by atoms with Gasteiger partial charge in [0.15, 0.2) is 0 Å². The third kappa shape index (κ3) is 3.91. The third-order valence-corrected chi connectivity index (χ3v) is 5.74. The number of rotatable bonds is 5. The van der Waals surface area contributed by atoms with Gasteiger partial charge in [-0.15, -0.1) is 0 Å². The van der Waals surface area contributed by atoms with E-state index in [1.165, 1.54) is 24.3 Å². The van der Waals surface area contributed by atoms with E-state index < -0.39 is 11.5 Å². The summed E-state index contributed by atoms with van der Waals surface area (Å²) in [4.78, 5) is 38.7. The summed E-state index contributed by atoms with van der Waals surface area (Å²) < 4.78 is 1.34. The Balaban J connectivity index is 1.80. The maximum Gasteiger partial charge on any atom is 0.267 e. The van der Waals surface area contributed by atoms with Crippen molar-refractivity contribution >= 4 is 28.3 Å². The molecule has 1 aliphatic rings. The fraction of sp³-hybridized carbons (Fsp3) is 0.292. The first-order chi connectivity index (χ1) is 14.9. The second-order valence-corrected chi connectivity index (χ2v) is 7.95. The third-order valence-electron chi connectivity index (χ3n) is 5.74. The maximum absolute atomic E-state index is 12.7. The summed E-state index contributed by atoms with van der Waals surface area (Å²) in [7, 11) is 1.56. The molecule has 4 rings (SSSR count). The van der Waals surface area contributed by atoms with Crippen LogP contribution in [0.3, 0.4) is 0 Å². The van der Waals surface area contributed by atoms with Gasteiger partial charge in [-0.1, -0.05) is 18.2 Å². The number of hydrogen-bond donors (Lipinski definition) is 2. The van der Waals surface area contributed by atoms with Crippen LogP contribution in [-0.2, 0) is 11.8 Å². The Bertz CT molecular complexity index is 1240. The first kappa shape index (κ1) is 20.7. The van der Waals surface area contributed by atoms with Crippen LogP contribution in [0.25, 0.3) is 22.0 Å². The molecular weight excluding hydrogens is 394 g/mol. The van der Waals surface area contributed by atoms with Crippen molar-refractivity contribution in [2.75, 3.05) is 24.5 Å². The monoisotopic (exact) mass is 419 g/mol. The fourth-order valence-corrected chi connectivity index (χ4v) is 4.07. The minimum absolute atomic E-state index is 0.206. The fourth-order valence-electron chi connectivity index (χ4n) is 4.07. The lowest BCUT2D eigenvalue weighted by Gasteiger charge is -2.18. The molecule has 0 spiro atoms. The Kier molecular flexibility index (Phi) is 5.50. The van der Waals surface area contributed by atoms with E-state index in [2.05, 4.69) is 22.3 Å². The van der Waals surface area contributed by atoms with Crippen LogP contribution in [0, 0.1) is 0 Å². The lowest BCUT2D eigenvalue weighted by molar-refractivity contribution is -0.116. The number of ketones is 1. The van der Waals surface area contributed by atoms with Crippen LogP contribution in [0.15, 0.2) is 47.3 Å². The number of carbonyl (C=O) groups excluding carboxylic acids is 2. The zero-order valence-electron chi connectivity index (χ0n) is 17.6. The van der Waals surface area contributed by atoms with Crippen molar-refractivity contribution in [2.24, 2.45) is 7.05 Å². The SMILES string of the molecule is CC(=O)CNC(=O)c1c(O)c2cc(-c3cccc(N4CCCC4)c3)ccc2n(C)c1=O. The number of anilines is 1. The number of pyridine rings is 1. The molecule has 0 unspecified atom stereocenters. The van der Waals surface area contributed by atoms with Crippen molar-refractivity contribution in [3.05, 3.63) is 58.4 Å². The molecule has 0 saturated carbocycles. The molecule has 2 N–H and O–H groups in total. The number of fused-ring (bicyclic) bond motifs is 1. The quantitative estimate of drug-likeness (QED) is 0.664. The number of Topliss-reactive ketones (excluding diaryl/α,β-unsaturated/α-hetero) is 1. The Morgan fingerprint density at radius 3 is 2.48 bits per heavy atom. The number of hydrogen-bond acceptors (Lipinski definition) is 5. The summed E-state index contributed by atoms with van der Waals surface area (Å²) in [5, 5.41) is 13.6. The van der Waals surface area contributed by atoms with Gasteiger partial charge < -0.3 is 19.9 Å².